The molecule has 0 radical (unpaired) electrons. The molecule has 4 bridgehead atoms. The molecule has 0 amide bonds. The van der Waals surface area contributed by atoms with E-state index in [2.05, 4.69) is 60.7 Å². The van der Waals surface area contributed by atoms with Crippen LogP contribution in [0.2, 0.25) is 0 Å². The van der Waals surface area contributed by atoms with Crippen LogP contribution in [0.3, 0.4) is 0 Å². The average molecular weight is 364 g/mol. The molecule has 2 aromatic carbocycles. The number of rotatable bonds is 5. The summed E-state index contributed by atoms with van der Waals surface area (Å²) in [4.78, 5) is 16.3. The molecule has 0 aromatic heterocycles. The van der Waals surface area contributed by atoms with Crippen molar-refractivity contribution in [1.29, 1.82) is 0 Å². The summed E-state index contributed by atoms with van der Waals surface area (Å²) in [5.41, 5.74) is 0.0174. The van der Waals surface area contributed by atoms with Crippen LogP contribution in [0.25, 0.3) is 0 Å². The summed E-state index contributed by atoms with van der Waals surface area (Å²) in [6.45, 7) is 0. The van der Waals surface area contributed by atoms with Crippen molar-refractivity contribution in [3.05, 3.63) is 60.7 Å². The quantitative estimate of drug-likeness (QED) is 0.640. The minimum Gasteiger partial charge on any atom is -0.294 e. The number of Topliss-reactive ketones (excluding diaryl/α,β-unsaturated/α-hetero) is 1. The minimum absolute atomic E-state index is 0.0174. The molecule has 4 saturated carbocycles. The minimum atomic E-state index is -0.144. The largest absolute Gasteiger partial charge is 0.294 e. The van der Waals surface area contributed by atoms with Gasteiger partial charge in [0.05, 0.1) is 10.9 Å². The zero-order valence-electron chi connectivity index (χ0n) is 15.3. The second-order valence-corrected chi connectivity index (χ2v) is 10.8. The topological polar surface area (TPSA) is 17.1 Å². The molecule has 4 fully saturated rings. The molecular formula is C24H27OS+. The lowest BCUT2D eigenvalue weighted by molar-refractivity contribution is -0.141. The zero-order valence-corrected chi connectivity index (χ0v) is 16.1. The van der Waals surface area contributed by atoms with E-state index in [1.807, 2.05) is 0 Å². The first-order valence-electron chi connectivity index (χ1n) is 10.1. The van der Waals surface area contributed by atoms with Crippen LogP contribution < -0.4 is 0 Å². The van der Waals surface area contributed by atoms with Crippen molar-refractivity contribution in [2.24, 2.45) is 23.2 Å². The van der Waals surface area contributed by atoms with E-state index in [-0.39, 0.29) is 16.3 Å². The van der Waals surface area contributed by atoms with Crippen molar-refractivity contribution in [2.45, 2.75) is 48.3 Å². The lowest BCUT2D eigenvalue weighted by atomic mass is 9.48. The van der Waals surface area contributed by atoms with Crippen LogP contribution in [0, 0.1) is 23.2 Å². The number of hydrogen-bond acceptors (Lipinski definition) is 1. The normalized spacial score (nSPS) is 32.1. The van der Waals surface area contributed by atoms with Crippen molar-refractivity contribution in [3.8, 4) is 0 Å². The lowest BCUT2D eigenvalue weighted by Crippen LogP contribution is -2.51. The Morgan fingerprint density at radius 1 is 0.769 bits per heavy atom. The van der Waals surface area contributed by atoms with Gasteiger partial charge in [0.2, 0.25) is 0 Å². The van der Waals surface area contributed by atoms with E-state index in [1.165, 1.54) is 48.3 Å². The molecule has 0 atom stereocenters. The van der Waals surface area contributed by atoms with Gasteiger partial charge in [-0.2, -0.15) is 0 Å². The van der Waals surface area contributed by atoms with Crippen LogP contribution in [0.15, 0.2) is 70.5 Å². The Labute approximate surface area is 159 Å². The molecule has 134 valence electrons. The van der Waals surface area contributed by atoms with E-state index in [0.29, 0.717) is 11.5 Å². The van der Waals surface area contributed by atoms with Gasteiger partial charge >= 0.3 is 0 Å². The Hall–Kier alpha value is -1.54. The monoisotopic (exact) mass is 363 g/mol. The number of ketones is 1. The molecule has 0 heterocycles. The van der Waals surface area contributed by atoms with Gasteiger partial charge in [0.1, 0.15) is 0 Å². The highest BCUT2D eigenvalue weighted by Gasteiger charge is 2.55. The van der Waals surface area contributed by atoms with E-state index >= 15 is 0 Å². The van der Waals surface area contributed by atoms with E-state index in [4.69, 9.17) is 0 Å². The lowest BCUT2D eigenvalue weighted by Gasteiger charge is -2.55. The van der Waals surface area contributed by atoms with Crippen molar-refractivity contribution in [1.82, 2.24) is 0 Å². The van der Waals surface area contributed by atoms with Crippen molar-refractivity contribution in [3.63, 3.8) is 0 Å². The van der Waals surface area contributed by atoms with Gasteiger partial charge in [0.15, 0.2) is 21.3 Å². The summed E-state index contributed by atoms with van der Waals surface area (Å²) in [6, 6.07) is 21.3. The highest BCUT2D eigenvalue weighted by atomic mass is 32.2. The second kappa shape index (κ2) is 6.56. The third kappa shape index (κ3) is 2.93. The first-order valence-corrected chi connectivity index (χ1v) is 11.5. The van der Waals surface area contributed by atoms with Crippen molar-refractivity contribution in [2.75, 3.05) is 5.75 Å². The predicted octanol–water partition coefficient (Wildman–Crippen LogP) is 5.51. The maximum atomic E-state index is 13.7. The Balaban J connectivity index is 1.44. The standard InChI is InChI=1S/C24H27OS/c25-23(24-14-18-11-19(15-24)13-20(12-18)16-24)17-26(21-7-3-1-4-8-21)22-9-5-2-6-10-22/h1-10,18-20H,11-17H2/q+1. The fraction of sp³-hybridized carbons (Fsp3) is 0.458. The molecule has 0 saturated heterocycles. The summed E-state index contributed by atoms with van der Waals surface area (Å²) >= 11 is 0. The second-order valence-electron chi connectivity index (χ2n) is 8.78. The number of carbonyl (C=O) groups is 1. The summed E-state index contributed by atoms with van der Waals surface area (Å²) in [5.74, 6) is 3.76. The molecule has 6 rings (SSSR count). The van der Waals surface area contributed by atoms with Crippen LogP contribution >= 0.6 is 0 Å². The Morgan fingerprint density at radius 2 is 1.19 bits per heavy atom. The molecule has 0 unspecified atom stereocenters. The predicted molar refractivity (Wildman–Crippen MR) is 107 cm³/mol. The Bertz CT molecular complexity index is 708. The summed E-state index contributed by atoms with van der Waals surface area (Å²) in [5, 5.41) is 0. The van der Waals surface area contributed by atoms with Crippen LogP contribution in [-0.2, 0) is 15.7 Å². The van der Waals surface area contributed by atoms with Gasteiger partial charge < -0.3 is 0 Å². The molecule has 0 aliphatic heterocycles. The maximum absolute atomic E-state index is 13.7. The summed E-state index contributed by atoms with van der Waals surface area (Å²) in [6.07, 6.45) is 7.73. The van der Waals surface area contributed by atoms with Gasteiger partial charge in [-0.15, -0.1) is 0 Å². The van der Waals surface area contributed by atoms with Crippen molar-refractivity contribution >= 4 is 16.7 Å². The number of carbonyl (C=O) groups excluding carboxylic acids is 1. The highest BCUT2D eigenvalue weighted by molar-refractivity contribution is 7.97. The fourth-order valence-electron chi connectivity index (χ4n) is 6.21. The molecule has 4 aliphatic carbocycles. The summed E-state index contributed by atoms with van der Waals surface area (Å²) < 4.78 is 0. The molecule has 2 aromatic rings. The third-order valence-corrected chi connectivity index (χ3v) is 9.19. The van der Waals surface area contributed by atoms with Crippen LogP contribution in [0.4, 0.5) is 0 Å². The zero-order chi connectivity index (χ0) is 17.6. The number of hydrogen-bond donors (Lipinski definition) is 0. The number of benzene rings is 2. The first kappa shape index (κ1) is 16.6. The van der Waals surface area contributed by atoms with Gasteiger partial charge in [-0.05, 0) is 80.5 Å². The molecule has 4 aliphatic rings. The SMILES string of the molecule is O=C(C[S+](c1ccccc1)c1ccccc1)C12CC3CC(CC(C3)C1)C2. The van der Waals surface area contributed by atoms with Gasteiger partial charge in [0, 0.05) is 5.41 Å². The van der Waals surface area contributed by atoms with Gasteiger partial charge in [-0.1, -0.05) is 36.4 Å². The van der Waals surface area contributed by atoms with E-state index in [0.717, 1.165) is 17.8 Å². The van der Waals surface area contributed by atoms with E-state index < -0.39 is 0 Å². The van der Waals surface area contributed by atoms with Crippen LogP contribution in [0.1, 0.15) is 38.5 Å². The van der Waals surface area contributed by atoms with E-state index in [1.54, 1.807) is 0 Å². The third-order valence-electron chi connectivity index (χ3n) is 6.96. The Kier molecular flexibility index (Phi) is 4.20. The molecule has 26 heavy (non-hydrogen) atoms. The molecular weight excluding hydrogens is 336 g/mol. The average Bonchev–Trinajstić information content (AvgIpc) is 2.66. The first-order chi connectivity index (χ1) is 12.7. The molecule has 0 N–H and O–H groups in total. The van der Waals surface area contributed by atoms with Gasteiger partial charge in [0.25, 0.3) is 0 Å². The van der Waals surface area contributed by atoms with E-state index in [9.17, 15) is 4.79 Å². The molecule has 0 spiro atoms. The van der Waals surface area contributed by atoms with Gasteiger partial charge in [-0.25, -0.2) is 0 Å². The van der Waals surface area contributed by atoms with Crippen molar-refractivity contribution < 1.29 is 4.79 Å². The van der Waals surface area contributed by atoms with Crippen LogP contribution in [-0.4, -0.2) is 11.5 Å². The fourth-order valence-corrected chi connectivity index (χ4v) is 8.35. The highest BCUT2D eigenvalue weighted by Crippen LogP contribution is 2.60. The maximum Gasteiger partial charge on any atom is 0.188 e. The summed E-state index contributed by atoms with van der Waals surface area (Å²) in [7, 11) is -0.144. The molecule has 1 nitrogen and oxygen atoms in total. The smallest absolute Gasteiger partial charge is 0.188 e. The van der Waals surface area contributed by atoms with Gasteiger partial charge in [-0.3, -0.25) is 4.79 Å². The van der Waals surface area contributed by atoms with Crippen LogP contribution in [0.5, 0.6) is 0 Å². The Morgan fingerprint density at radius 3 is 1.62 bits per heavy atom. The molecule has 2 heteroatoms.